The van der Waals surface area contributed by atoms with Gasteiger partial charge in [0.15, 0.2) is 0 Å². The Morgan fingerprint density at radius 1 is 0.613 bits per heavy atom. The third-order valence-electron chi connectivity index (χ3n) is 8.91. The lowest BCUT2D eigenvalue weighted by Crippen LogP contribution is -2.25. The predicted molar refractivity (Wildman–Crippen MR) is 137 cm³/mol. The van der Waals surface area contributed by atoms with Gasteiger partial charge in [0.25, 0.3) is 0 Å². The molecule has 2 aliphatic carbocycles. The summed E-state index contributed by atoms with van der Waals surface area (Å²) in [7, 11) is 0. The van der Waals surface area contributed by atoms with E-state index in [1.54, 1.807) is 5.56 Å². The van der Waals surface area contributed by atoms with E-state index < -0.39 is 0 Å². The molecule has 0 amide bonds. The monoisotopic (exact) mass is 418 g/mol. The van der Waals surface area contributed by atoms with Gasteiger partial charge >= 0.3 is 0 Å². The Morgan fingerprint density at radius 3 is 1.71 bits per heavy atom. The van der Waals surface area contributed by atoms with Crippen LogP contribution in [0.4, 0.5) is 0 Å². The van der Waals surface area contributed by atoms with Gasteiger partial charge in [-0.1, -0.05) is 95.2 Å². The zero-order valence-electron chi connectivity index (χ0n) is 20.4. The summed E-state index contributed by atoms with van der Waals surface area (Å²) in [5.41, 5.74) is 3.06. The highest BCUT2D eigenvalue weighted by atomic mass is 14.4. The van der Waals surface area contributed by atoms with Gasteiger partial charge in [0.05, 0.1) is 0 Å². The van der Waals surface area contributed by atoms with Crippen molar-refractivity contribution in [3.8, 4) is 0 Å². The number of aryl methyl sites for hydroxylation is 2. The van der Waals surface area contributed by atoms with Crippen LogP contribution in [0.2, 0.25) is 0 Å². The number of rotatable bonds is 9. The first-order valence-electron chi connectivity index (χ1n) is 13.8. The highest BCUT2D eigenvalue weighted by molar-refractivity contribution is 5.83. The summed E-state index contributed by atoms with van der Waals surface area (Å²) in [6, 6.07) is 14.4. The molecule has 0 aromatic heterocycles. The standard InChI is InChI=1S/C31H46/c1-3-5-6-7-26-14-20-31-23-27(15-21-30(31)22-26)9-8-25-12-18-29(19-13-25)28-16-10-24(4-2)11-17-28/h14-15,20-25,28-29H,3-13,16-19H2,1-2H3. The second kappa shape index (κ2) is 11.5. The summed E-state index contributed by atoms with van der Waals surface area (Å²) < 4.78 is 0. The second-order valence-electron chi connectivity index (χ2n) is 11.0. The lowest BCUT2D eigenvalue weighted by atomic mass is 9.68. The molecule has 0 unspecified atom stereocenters. The van der Waals surface area contributed by atoms with Crippen LogP contribution in [0.15, 0.2) is 36.4 Å². The van der Waals surface area contributed by atoms with Gasteiger partial charge in [-0.05, 0) is 96.9 Å². The molecule has 0 saturated heterocycles. The molecule has 4 rings (SSSR count). The van der Waals surface area contributed by atoms with Gasteiger partial charge in [0, 0.05) is 0 Å². The fourth-order valence-corrected chi connectivity index (χ4v) is 6.62. The van der Waals surface area contributed by atoms with Crippen LogP contribution in [0.5, 0.6) is 0 Å². The minimum absolute atomic E-state index is 0.972. The van der Waals surface area contributed by atoms with Crippen molar-refractivity contribution in [3.05, 3.63) is 47.5 Å². The second-order valence-corrected chi connectivity index (χ2v) is 11.0. The molecule has 0 spiro atoms. The van der Waals surface area contributed by atoms with E-state index >= 15 is 0 Å². The van der Waals surface area contributed by atoms with Crippen LogP contribution in [0.3, 0.4) is 0 Å². The van der Waals surface area contributed by atoms with Crippen LogP contribution in [0.25, 0.3) is 10.8 Å². The molecule has 2 aliphatic rings. The summed E-state index contributed by atoms with van der Waals surface area (Å²) in [5.74, 6) is 4.14. The number of benzene rings is 2. The van der Waals surface area contributed by atoms with E-state index in [0.29, 0.717) is 0 Å². The summed E-state index contributed by atoms with van der Waals surface area (Å²) in [5, 5.41) is 2.86. The van der Waals surface area contributed by atoms with Crippen molar-refractivity contribution in [2.24, 2.45) is 23.7 Å². The molecule has 0 heterocycles. The van der Waals surface area contributed by atoms with E-state index in [0.717, 1.165) is 23.7 Å². The Balaban J connectivity index is 1.23. The molecule has 2 fully saturated rings. The fraction of sp³-hybridized carbons (Fsp3) is 0.677. The zero-order chi connectivity index (χ0) is 21.5. The molecule has 2 aromatic carbocycles. The van der Waals surface area contributed by atoms with Crippen molar-refractivity contribution in [2.45, 2.75) is 110 Å². The molecule has 0 bridgehead atoms. The molecule has 170 valence electrons. The molecule has 0 atom stereocenters. The Morgan fingerprint density at radius 2 is 1.16 bits per heavy atom. The van der Waals surface area contributed by atoms with Gasteiger partial charge in [-0.15, -0.1) is 0 Å². The molecule has 31 heavy (non-hydrogen) atoms. The summed E-state index contributed by atoms with van der Waals surface area (Å²) in [6.45, 7) is 4.67. The Bertz CT molecular complexity index is 787. The van der Waals surface area contributed by atoms with Crippen LogP contribution in [0.1, 0.15) is 108 Å². The van der Waals surface area contributed by atoms with Gasteiger partial charge in [-0.3, -0.25) is 0 Å². The maximum atomic E-state index is 2.46. The highest BCUT2D eigenvalue weighted by Gasteiger charge is 2.30. The first-order chi connectivity index (χ1) is 15.2. The van der Waals surface area contributed by atoms with Crippen LogP contribution in [0, 0.1) is 23.7 Å². The van der Waals surface area contributed by atoms with Crippen molar-refractivity contribution in [1.29, 1.82) is 0 Å². The quantitative estimate of drug-likeness (QED) is 0.356. The number of hydrogen-bond donors (Lipinski definition) is 0. The molecule has 0 nitrogen and oxygen atoms in total. The van der Waals surface area contributed by atoms with Gasteiger partial charge in [0.1, 0.15) is 0 Å². The van der Waals surface area contributed by atoms with Crippen molar-refractivity contribution >= 4 is 10.8 Å². The topological polar surface area (TPSA) is 0 Å². The average molecular weight is 419 g/mol. The summed E-state index contributed by atoms with van der Waals surface area (Å²) in [6.07, 6.45) is 21.4. The van der Waals surface area contributed by atoms with Crippen LogP contribution in [-0.2, 0) is 12.8 Å². The van der Waals surface area contributed by atoms with Crippen molar-refractivity contribution in [2.75, 3.05) is 0 Å². The Labute approximate surface area is 192 Å². The number of unbranched alkanes of at least 4 members (excludes halogenated alkanes) is 2. The minimum Gasteiger partial charge on any atom is -0.0654 e. The van der Waals surface area contributed by atoms with Crippen molar-refractivity contribution in [1.82, 2.24) is 0 Å². The predicted octanol–water partition coefficient (Wildman–Crippen LogP) is 9.53. The lowest BCUT2D eigenvalue weighted by Gasteiger charge is -2.37. The molecular weight excluding hydrogens is 372 g/mol. The lowest BCUT2D eigenvalue weighted by molar-refractivity contribution is 0.142. The van der Waals surface area contributed by atoms with E-state index in [4.69, 9.17) is 0 Å². The molecule has 2 saturated carbocycles. The molecule has 2 aromatic rings. The highest BCUT2D eigenvalue weighted by Crippen LogP contribution is 2.42. The molecule has 0 radical (unpaired) electrons. The first-order valence-corrected chi connectivity index (χ1v) is 13.8. The van der Waals surface area contributed by atoms with Gasteiger partial charge in [-0.25, -0.2) is 0 Å². The van der Waals surface area contributed by atoms with E-state index in [-0.39, 0.29) is 0 Å². The smallest absolute Gasteiger partial charge is 0.0181 e. The van der Waals surface area contributed by atoms with Crippen LogP contribution in [-0.4, -0.2) is 0 Å². The van der Waals surface area contributed by atoms with E-state index in [9.17, 15) is 0 Å². The summed E-state index contributed by atoms with van der Waals surface area (Å²) >= 11 is 0. The third kappa shape index (κ3) is 6.36. The van der Waals surface area contributed by atoms with E-state index in [2.05, 4.69) is 50.2 Å². The number of fused-ring (bicyclic) bond motifs is 1. The van der Waals surface area contributed by atoms with Gasteiger partial charge in [0.2, 0.25) is 0 Å². The van der Waals surface area contributed by atoms with Gasteiger partial charge < -0.3 is 0 Å². The molecule has 0 heteroatoms. The molecule has 0 N–H and O–H groups in total. The fourth-order valence-electron chi connectivity index (χ4n) is 6.62. The Hall–Kier alpha value is -1.30. The van der Waals surface area contributed by atoms with Crippen molar-refractivity contribution < 1.29 is 0 Å². The SMILES string of the molecule is CCCCCc1ccc2cc(CCC3CCC(C4CCC(CC)CC4)CC3)ccc2c1. The zero-order valence-corrected chi connectivity index (χ0v) is 20.4. The van der Waals surface area contributed by atoms with Gasteiger partial charge in [-0.2, -0.15) is 0 Å². The van der Waals surface area contributed by atoms with E-state index in [1.165, 1.54) is 113 Å². The Kier molecular flexibility index (Phi) is 8.51. The maximum Gasteiger partial charge on any atom is -0.0181 e. The summed E-state index contributed by atoms with van der Waals surface area (Å²) in [4.78, 5) is 0. The first kappa shape index (κ1) is 22.9. The normalized spacial score (nSPS) is 26.9. The number of hydrogen-bond acceptors (Lipinski definition) is 0. The largest absolute Gasteiger partial charge is 0.0654 e. The average Bonchev–Trinajstić information content (AvgIpc) is 2.83. The van der Waals surface area contributed by atoms with Crippen LogP contribution < -0.4 is 0 Å². The third-order valence-corrected chi connectivity index (χ3v) is 8.91. The maximum absolute atomic E-state index is 2.46. The molecular formula is C31H46. The van der Waals surface area contributed by atoms with E-state index in [1.807, 2.05) is 0 Å². The minimum atomic E-state index is 0.972. The van der Waals surface area contributed by atoms with Crippen LogP contribution >= 0.6 is 0 Å². The van der Waals surface area contributed by atoms with Crippen molar-refractivity contribution in [3.63, 3.8) is 0 Å². The molecule has 0 aliphatic heterocycles.